The standard InChI is InChI=1S/C50H47N/c1-33-13-23-45-46-24-22-42(29-48(46)49(2,3)47(45)25-33)51(41-20-16-39(17-21-41)50-30-34-26-35(31-50)28-36(27-34)32-50)40-18-14-38(15-19-40)44-12-8-7-11-43(44)37-9-5-4-6-10-37/h4-25,29,34-36H,26-28,30-32H2,1-3H3. The van der Waals surface area contributed by atoms with Crippen molar-refractivity contribution in [2.24, 2.45) is 17.8 Å². The third kappa shape index (κ3) is 5.03. The van der Waals surface area contributed by atoms with Crippen molar-refractivity contribution in [2.75, 3.05) is 4.90 Å². The quantitative estimate of drug-likeness (QED) is 0.172. The SMILES string of the molecule is Cc1ccc2c(c1)C(C)(C)c1cc(N(c3ccc(-c4ccccc4-c4ccccc4)cc3)c3ccc(C45CC6CC(CC(C6)C4)C5)cc3)ccc1-2. The molecule has 5 aliphatic rings. The molecule has 1 heteroatoms. The van der Waals surface area contributed by atoms with E-state index in [1.165, 1.54) is 106 Å². The highest BCUT2D eigenvalue weighted by molar-refractivity contribution is 5.87. The lowest BCUT2D eigenvalue weighted by atomic mass is 9.48. The Hall–Kier alpha value is -4.88. The van der Waals surface area contributed by atoms with E-state index in [0.717, 1.165) is 17.8 Å². The zero-order valence-electron chi connectivity index (χ0n) is 30.2. The van der Waals surface area contributed by atoms with Gasteiger partial charge in [-0.15, -0.1) is 0 Å². The van der Waals surface area contributed by atoms with Gasteiger partial charge in [-0.25, -0.2) is 0 Å². The molecule has 1 nitrogen and oxygen atoms in total. The summed E-state index contributed by atoms with van der Waals surface area (Å²) in [6.45, 7) is 7.00. The monoisotopic (exact) mass is 661 g/mol. The Morgan fingerprint density at radius 1 is 0.471 bits per heavy atom. The van der Waals surface area contributed by atoms with Crippen LogP contribution in [0.2, 0.25) is 0 Å². The molecule has 0 amide bonds. The number of fused-ring (bicyclic) bond motifs is 3. The molecule has 51 heavy (non-hydrogen) atoms. The highest BCUT2D eigenvalue weighted by Gasteiger charge is 2.51. The second-order valence-electron chi connectivity index (χ2n) is 16.9. The van der Waals surface area contributed by atoms with Gasteiger partial charge in [0.05, 0.1) is 0 Å². The van der Waals surface area contributed by atoms with Gasteiger partial charge in [0.15, 0.2) is 0 Å². The summed E-state index contributed by atoms with van der Waals surface area (Å²) in [6.07, 6.45) is 8.63. The van der Waals surface area contributed by atoms with E-state index < -0.39 is 0 Å². The second-order valence-corrected chi connectivity index (χ2v) is 16.9. The van der Waals surface area contributed by atoms with Gasteiger partial charge >= 0.3 is 0 Å². The molecular weight excluding hydrogens is 615 g/mol. The Kier molecular flexibility index (Phi) is 7.01. The molecule has 0 atom stereocenters. The minimum atomic E-state index is -0.0638. The first kappa shape index (κ1) is 30.9. The summed E-state index contributed by atoms with van der Waals surface area (Å²) in [7, 11) is 0. The lowest BCUT2D eigenvalue weighted by Crippen LogP contribution is -2.48. The Balaban J connectivity index is 1.06. The number of hydrogen-bond donors (Lipinski definition) is 0. The Labute approximate surface area is 304 Å². The van der Waals surface area contributed by atoms with Crippen LogP contribution in [0.3, 0.4) is 0 Å². The number of rotatable bonds is 6. The van der Waals surface area contributed by atoms with E-state index in [9.17, 15) is 0 Å². The van der Waals surface area contributed by atoms with Crippen LogP contribution in [0.5, 0.6) is 0 Å². The van der Waals surface area contributed by atoms with Gasteiger partial charge in [-0.1, -0.05) is 123 Å². The lowest BCUT2D eigenvalue weighted by molar-refractivity contribution is -0.00518. The van der Waals surface area contributed by atoms with E-state index in [0.29, 0.717) is 5.41 Å². The van der Waals surface area contributed by atoms with Crippen LogP contribution in [0.25, 0.3) is 33.4 Å². The molecule has 252 valence electrons. The van der Waals surface area contributed by atoms with Crippen molar-refractivity contribution < 1.29 is 0 Å². The average molecular weight is 662 g/mol. The van der Waals surface area contributed by atoms with E-state index in [2.05, 4.69) is 165 Å². The van der Waals surface area contributed by atoms with Crippen LogP contribution in [0.15, 0.2) is 140 Å². The van der Waals surface area contributed by atoms with E-state index >= 15 is 0 Å². The molecule has 0 spiro atoms. The summed E-state index contributed by atoms with van der Waals surface area (Å²) in [5, 5.41) is 0. The Bertz CT molecular complexity index is 2220. The van der Waals surface area contributed by atoms with Crippen LogP contribution in [0.4, 0.5) is 17.1 Å². The molecule has 0 radical (unpaired) electrons. The molecule has 11 rings (SSSR count). The first-order valence-corrected chi connectivity index (χ1v) is 19.3. The number of nitrogens with zero attached hydrogens (tertiary/aromatic N) is 1. The van der Waals surface area contributed by atoms with Crippen molar-refractivity contribution in [3.63, 3.8) is 0 Å². The molecule has 6 aromatic carbocycles. The maximum atomic E-state index is 2.50. The normalized spacial score (nSPS) is 23.5. The van der Waals surface area contributed by atoms with Gasteiger partial charge in [-0.2, -0.15) is 0 Å². The van der Waals surface area contributed by atoms with Crippen LogP contribution in [-0.4, -0.2) is 0 Å². The van der Waals surface area contributed by atoms with Crippen molar-refractivity contribution in [3.05, 3.63) is 162 Å². The highest BCUT2D eigenvalue weighted by Crippen LogP contribution is 2.61. The van der Waals surface area contributed by atoms with Crippen LogP contribution in [0.1, 0.15) is 74.6 Å². The smallest absolute Gasteiger partial charge is 0.0465 e. The van der Waals surface area contributed by atoms with Gasteiger partial charge in [-0.3, -0.25) is 0 Å². The molecular formula is C50H47N. The fourth-order valence-electron chi connectivity index (χ4n) is 11.2. The summed E-state index contributed by atoms with van der Waals surface area (Å²) in [6, 6.07) is 52.8. The first-order valence-electron chi connectivity index (χ1n) is 19.3. The van der Waals surface area contributed by atoms with Gasteiger partial charge < -0.3 is 4.90 Å². The largest absolute Gasteiger partial charge is 0.310 e. The highest BCUT2D eigenvalue weighted by atomic mass is 15.1. The fraction of sp³-hybridized carbons (Fsp3) is 0.280. The van der Waals surface area contributed by atoms with Crippen molar-refractivity contribution >= 4 is 17.1 Å². The molecule has 0 aromatic heterocycles. The second kappa shape index (κ2) is 11.6. The van der Waals surface area contributed by atoms with E-state index in [1.54, 1.807) is 5.56 Å². The molecule has 5 aliphatic carbocycles. The third-order valence-electron chi connectivity index (χ3n) is 13.3. The van der Waals surface area contributed by atoms with Gasteiger partial charge in [0.1, 0.15) is 0 Å². The summed E-state index contributed by atoms with van der Waals surface area (Å²) in [5.41, 5.74) is 17.4. The molecule has 4 saturated carbocycles. The lowest BCUT2D eigenvalue weighted by Gasteiger charge is -2.57. The number of anilines is 3. The van der Waals surface area contributed by atoms with Crippen LogP contribution in [-0.2, 0) is 10.8 Å². The topological polar surface area (TPSA) is 3.24 Å². The number of benzene rings is 6. The predicted molar refractivity (Wildman–Crippen MR) is 214 cm³/mol. The maximum Gasteiger partial charge on any atom is 0.0465 e. The minimum Gasteiger partial charge on any atom is -0.310 e. The summed E-state index contributed by atoms with van der Waals surface area (Å²) >= 11 is 0. The fourth-order valence-corrected chi connectivity index (χ4v) is 11.2. The molecule has 6 aromatic rings. The Morgan fingerprint density at radius 2 is 0.961 bits per heavy atom. The molecule has 0 N–H and O–H groups in total. The Morgan fingerprint density at radius 3 is 1.57 bits per heavy atom. The molecule has 0 heterocycles. The molecule has 0 unspecified atom stereocenters. The minimum absolute atomic E-state index is 0.0638. The van der Waals surface area contributed by atoms with Gasteiger partial charge in [-0.05, 0) is 155 Å². The average Bonchev–Trinajstić information content (AvgIpc) is 3.37. The van der Waals surface area contributed by atoms with Gasteiger partial charge in [0.2, 0.25) is 0 Å². The van der Waals surface area contributed by atoms with Crippen molar-refractivity contribution in [3.8, 4) is 33.4 Å². The van der Waals surface area contributed by atoms with Crippen molar-refractivity contribution in [1.82, 2.24) is 0 Å². The molecule has 0 saturated heterocycles. The van der Waals surface area contributed by atoms with Gasteiger partial charge in [0.25, 0.3) is 0 Å². The van der Waals surface area contributed by atoms with Crippen LogP contribution >= 0.6 is 0 Å². The number of aryl methyl sites for hydroxylation is 1. The summed E-state index contributed by atoms with van der Waals surface area (Å²) in [4.78, 5) is 2.49. The van der Waals surface area contributed by atoms with E-state index in [-0.39, 0.29) is 5.41 Å². The van der Waals surface area contributed by atoms with Crippen LogP contribution in [0, 0.1) is 24.7 Å². The number of hydrogen-bond acceptors (Lipinski definition) is 1. The first-order chi connectivity index (χ1) is 24.8. The van der Waals surface area contributed by atoms with Gasteiger partial charge in [0, 0.05) is 22.5 Å². The predicted octanol–water partition coefficient (Wildman–Crippen LogP) is 13.6. The molecule has 0 aliphatic heterocycles. The van der Waals surface area contributed by atoms with Crippen molar-refractivity contribution in [2.45, 2.75) is 70.1 Å². The zero-order chi connectivity index (χ0) is 34.3. The molecule has 4 fully saturated rings. The van der Waals surface area contributed by atoms with E-state index in [1.807, 2.05) is 0 Å². The van der Waals surface area contributed by atoms with Crippen molar-refractivity contribution in [1.29, 1.82) is 0 Å². The summed E-state index contributed by atoms with van der Waals surface area (Å²) in [5.74, 6) is 2.84. The van der Waals surface area contributed by atoms with Crippen LogP contribution < -0.4 is 4.90 Å². The molecule has 4 bridgehead atoms. The summed E-state index contributed by atoms with van der Waals surface area (Å²) < 4.78 is 0. The maximum absolute atomic E-state index is 2.50. The van der Waals surface area contributed by atoms with E-state index in [4.69, 9.17) is 0 Å². The zero-order valence-corrected chi connectivity index (χ0v) is 30.2. The third-order valence-corrected chi connectivity index (χ3v) is 13.3.